The molecule has 8 heteroatoms. The van der Waals surface area contributed by atoms with Gasteiger partial charge in [-0.2, -0.15) is 5.10 Å². The summed E-state index contributed by atoms with van der Waals surface area (Å²) in [6.07, 6.45) is 3.18. The zero-order chi connectivity index (χ0) is 18.2. The minimum atomic E-state index is -0.232. The molecule has 0 aliphatic heterocycles. The Morgan fingerprint density at radius 3 is 2.89 bits per heavy atom. The number of nitrogens with one attached hydrogen (secondary N) is 1. The molecule has 0 fully saturated rings. The number of benzene rings is 1. The van der Waals surface area contributed by atoms with Crippen molar-refractivity contribution in [1.29, 1.82) is 0 Å². The van der Waals surface area contributed by atoms with Gasteiger partial charge in [-0.25, -0.2) is 14.1 Å². The van der Waals surface area contributed by atoms with Gasteiger partial charge in [-0.15, -0.1) is 16.4 Å². The molecule has 136 valence electrons. The second-order valence-corrected chi connectivity index (χ2v) is 8.24. The van der Waals surface area contributed by atoms with E-state index in [2.05, 4.69) is 15.2 Å². The molecule has 4 aromatic rings. The maximum absolute atomic E-state index is 13.2. The largest absolute Gasteiger partial charge is 0.257 e. The maximum Gasteiger partial charge on any atom is 0.209 e. The molecule has 0 saturated carbocycles. The Bertz CT molecular complexity index is 1070. The van der Waals surface area contributed by atoms with Gasteiger partial charge in [0.05, 0.1) is 16.3 Å². The van der Waals surface area contributed by atoms with Gasteiger partial charge in [0.2, 0.25) is 5.16 Å². The summed E-state index contributed by atoms with van der Waals surface area (Å²) in [5.74, 6) is 1.29. The Balaban J connectivity index is 1.38. The van der Waals surface area contributed by atoms with Crippen LogP contribution in [-0.4, -0.2) is 25.0 Å². The third kappa shape index (κ3) is 3.19. The first kappa shape index (κ1) is 16.7. The molecule has 0 bridgehead atoms. The van der Waals surface area contributed by atoms with Crippen LogP contribution < -0.4 is 0 Å². The standard InChI is InChI=1S/C19H16FN5S2/c20-12-6-8-13(9-7-12)25-16-4-1-3-14(16)15(24-25)11-27-19-21-18(22-23-19)17-5-2-10-26-17/h2,5-10H,1,3-4,11H2,(H,21,22,23). The Labute approximate surface area is 163 Å². The van der Waals surface area contributed by atoms with Crippen LogP contribution in [0.25, 0.3) is 16.4 Å². The molecule has 0 radical (unpaired) electrons. The summed E-state index contributed by atoms with van der Waals surface area (Å²) >= 11 is 3.22. The number of H-pyrrole nitrogens is 1. The van der Waals surface area contributed by atoms with Gasteiger partial charge in [0.1, 0.15) is 5.82 Å². The number of hydrogen-bond acceptors (Lipinski definition) is 5. The van der Waals surface area contributed by atoms with E-state index < -0.39 is 0 Å². The number of hydrogen-bond donors (Lipinski definition) is 1. The molecule has 0 unspecified atom stereocenters. The zero-order valence-corrected chi connectivity index (χ0v) is 16.0. The summed E-state index contributed by atoms with van der Waals surface area (Å²) in [5, 5.41) is 14.9. The number of rotatable bonds is 5. The van der Waals surface area contributed by atoms with Gasteiger partial charge in [0, 0.05) is 11.4 Å². The lowest BCUT2D eigenvalue weighted by molar-refractivity contribution is 0.626. The number of nitrogens with zero attached hydrogens (tertiary/aromatic N) is 4. The van der Waals surface area contributed by atoms with E-state index in [0.717, 1.165) is 52.3 Å². The molecule has 1 aromatic carbocycles. The average Bonchev–Trinajstić information content (AvgIpc) is 3.44. The van der Waals surface area contributed by atoms with Gasteiger partial charge in [0.25, 0.3) is 0 Å². The van der Waals surface area contributed by atoms with Crippen molar-refractivity contribution in [2.45, 2.75) is 30.2 Å². The summed E-state index contributed by atoms with van der Waals surface area (Å²) in [4.78, 5) is 5.65. The van der Waals surface area contributed by atoms with E-state index in [4.69, 9.17) is 5.10 Å². The first-order valence-corrected chi connectivity index (χ1v) is 10.6. The van der Waals surface area contributed by atoms with Crippen molar-refractivity contribution in [2.75, 3.05) is 0 Å². The minimum Gasteiger partial charge on any atom is -0.257 e. The minimum absolute atomic E-state index is 0.232. The third-order valence-corrected chi connectivity index (χ3v) is 6.38. The van der Waals surface area contributed by atoms with Crippen LogP contribution in [0.3, 0.4) is 0 Å². The lowest BCUT2D eigenvalue weighted by atomic mass is 10.2. The number of aromatic amines is 1. The fourth-order valence-corrected chi connectivity index (χ4v) is 4.82. The summed E-state index contributed by atoms with van der Waals surface area (Å²) < 4.78 is 15.2. The summed E-state index contributed by atoms with van der Waals surface area (Å²) in [7, 11) is 0. The van der Waals surface area contributed by atoms with Gasteiger partial charge in [-0.05, 0) is 60.5 Å². The molecule has 0 spiro atoms. The lowest BCUT2D eigenvalue weighted by Gasteiger charge is -2.05. The highest BCUT2D eigenvalue weighted by molar-refractivity contribution is 7.98. The third-order valence-electron chi connectivity index (χ3n) is 4.64. The molecule has 1 N–H and O–H groups in total. The molecule has 3 heterocycles. The SMILES string of the molecule is Fc1ccc(-n2nc(CSc3n[nH]c(-c4cccs4)n3)c3c2CCC3)cc1. The predicted molar refractivity (Wildman–Crippen MR) is 105 cm³/mol. The van der Waals surface area contributed by atoms with Crippen molar-refractivity contribution in [1.82, 2.24) is 25.0 Å². The molecular formula is C19H16FN5S2. The maximum atomic E-state index is 13.2. The highest BCUT2D eigenvalue weighted by Crippen LogP contribution is 2.31. The van der Waals surface area contributed by atoms with Crippen LogP contribution in [-0.2, 0) is 18.6 Å². The highest BCUT2D eigenvalue weighted by Gasteiger charge is 2.23. The number of halogens is 1. The second-order valence-electron chi connectivity index (χ2n) is 6.35. The number of fused-ring (bicyclic) bond motifs is 1. The molecule has 27 heavy (non-hydrogen) atoms. The quantitative estimate of drug-likeness (QED) is 0.499. The van der Waals surface area contributed by atoms with E-state index >= 15 is 0 Å². The number of aromatic nitrogens is 5. The Hall–Kier alpha value is -2.45. The monoisotopic (exact) mass is 397 g/mol. The molecular weight excluding hydrogens is 381 g/mol. The average molecular weight is 398 g/mol. The molecule has 0 amide bonds. The number of thiophene rings is 1. The van der Waals surface area contributed by atoms with Crippen LogP contribution in [0.1, 0.15) is 23.4 Å². The van der Waals surface area contributed by atoms with Crippen LogP contribution in [0.2, 0.25) is 0 Å². The van der Waals surface area contributed by atoms with Gasteiger partial charge in [-0.1, -0.05) is 17.8 Å². The Kier molecular flexibility index (Phi) is 4.29. The van der Waals surface area contributed by atoms with Crippen LogP contribution in [0.5, 0.6) is 0 Å². The molecule has 1 aliphatic rings. The fourth-order valence-electron chi connectivity index (χ4n) is 3.39. The molecule has 1 aliphatic carbocycles. The lowest BCUT2D eigenvalue weighted by Crippen LogP contribution is -2.01. The first-order valence-electron chi connectivity index (χ1n) is 8.72. The van der Waals surface area contributed by atoms with Crippen LogP contribution in [0, 0.1) is 5.82 Å². The summed E-state index contributed by atoms with van der Waals surface area (Å²) in [6, 6.07) is 10.5. The summed E-state index contributed by atoms with van der Waals surface area (Å²) in [5.41, 5.74) is 4.54. The normalized spacial score (nSPS) is 13.2. The van der Waals surface area contributed by atoms with Crippen molar-refractivity contribution in [2.24, 2.45) is 0 Å². The second kappa shape index (κ2) is 6.94. The molecule has 5 nitrogen and oxygen atoms in total. The Morgan fingerprint density at radius 2 is 2.07 bits per heavy atom. The van der Waals surface area contributed by atoms with E-state index in [1.165, 1.54) is 23.4 Å². The first-order chi connectivity index (χ1) is 13.3. The highest BCUT2D eigenvalue weighted by atomic mass is 32.2. The van der Waals surface area contributed by atoms with Crippen LogP contribution in [0.4, 0.5) is 4.39 Å². The van der Waals surface area contributed by atoms with E-state index in [1.54, 1.807) is 35.2 Å². The van der Waals surface area contributed by atoms with E-state index in [0.29, 0.717) is 0 Å². The summed E-state index contributed by atoms with van der Waals surface area (Å²) in [6.45, 7) is 0. The number of thioether (sulfide) groups is 1. The topological polar surface area (TPSA) is 59.4 Å². The van der Waals surface area contributed by atoms with Crippen molar-refractivity contribution in [3.63, 3.8) is 0 Å². The predicted octanol–water partition coefficient (Wildman–Crippen LogP) is 4.64. The van der Waals surface area contributed by atoms with Crippen molar-refractivity contribution in [3.05, 3.63) is 64.5 Å². The molecule has 0 atom stereocenters. The smallest absolute Gasteiger partial charge is 0.209 e. The fraction of sp³-hybridized carbons (Fsp3) is 0.211. The van der Waals surface area contributed by atoms with E-state index in [-0.39, 0.29) is 5.82 Å². The van der Waals surface area contributed by atoms with Crippen molar-refractivity contribution >= 4 is 23.1 Å². The molecule has 5 rings (SSSR count). The van der Waals surface area contributed by atoms with E-state index in [1.807, 2.05) is 22.2 Å². The zero-order valence-electron chi connectivity index (χ0n) is 14.4. The van der Waals surface area contributed by atoms with Crippen LogP contribution >= 0.6 is 23.1 Å². The van der Waals surface area contributed by atoms with Gasteiger partial charge in [0.15, 0.2) is 5.82 Å². The van der Waals surface area contributed by atoms with Gasteiger partial charge >= 0.3 is 0 Å². The van der Waals surface area contributed by atoms with Crippen molar-refractivity contribution < 1.29 is 4.39 Å². The van der Waals surface area contributed by atoms with Crippen molar-refractivity contribution in [3.8, 4) is 16.4 Å². The Morgan fingerprint density at radius 1 is 1.19 bits per heavy atom. The molecule has 0 saturated heterocycles. The van der Waals surface area contributed by atoms with E-state index in [9.17, 15) is 4.39 Å². The van der Waals surface area contributed by atoms with Gasteiger partial charge < -0.3 is 0 Å². The van der Waals surface area contributed by atoms with Gasteiger partial charge in [-0.3, -0.25) is 5.10 Å². The van der Waals surface area contributed by atoms with Crippen LogP contribution in [0.15, 0.2) is 46.9 Å². The molecule has 3 aromatic heterocycles.